The molecule has 2 heterocycles. The van der Waals surface area contributed by atoms with Crippen molar-refractivity contribution < 1.29 is 21.6 Å². The van der Waals surface area contributed by atoms with Crippen molar-refractivity contribution in [2.24, 2.45) is 0 Å². The first kappa shape index (κ1) is 20.0. The number of hydrogen-bond acceptors (Lipinski definition) is 6. The number of nitrogens with one attached hydrogen (secondary N) is 3. The van der Waals surface area contributed by atoms with E-state index in [0.717, 1.165) is 32.1 Å². The van der Waals surface area contributed by atoms with Crippen LogP contribution in [-0.4, -0.2) is 46.4 Å². The number of pyridine rings is 1. The Balaban J connectivity index is 2.31. The monoisotopic (exact) mass is 401 g/mol. The highest BCUT2D eigenvalue weighted by Gasteiger charge is 2.27. The maximum absolute atomic E-state index is 12.1. The predicted molar refractivity (Wildman–Crippen MR) is 94.5 cm³/mol. The zero-order chi connectivity index (χ0) is 19.5. The molecular formula is C14H19N5O5S2. The maximum Gasteiger partial charge on any atom is 0.245 e. The molecule has 0 unspecified atom stereocenters. The van der Waals surface area contributed by atoms with E-state index in [4.69, 9.17) is 0 Å². The van der Waals surface area contributed by atoms with Gasteiger partial charge in [-0.1, -0.05) is 6.07 Å². The minimum atomic E-state index is -4.03. The SMILES string of the molecule is CNS(=O)(=O)c1cn(CC(=O)Nc2ccc(C)cn2)cc1S(=O)(=O)NC. The van der Waals surface area contributed by atoms with Crippen molar-refractivity contribution in [2.75, 3.05) is 19.4 Å². The molecule has 2 aromatic heterocycles. The van der Waals surface area contributed by atoms with Crippen molar-refractivity contribution in [3.8, 4) is 0 Å². The van der Waals surface area contributed by atoms with E-state index in [1.807, 2.05) is 6.92 Å². The Labute approximate surface area is 151 Å². The van der Waals surface area contributed by atoms with Gasteiger partial charge in [-0.15, -0.1) is 0 Å². The molecule has 0 aliphatic carbocycles. The topological polar surface area (TPSA) is 139 Å². The molecule has 0 aliphatic rings. The van der Waals surface area contributed by atoms with Gasteiger partial charge in [0, 0.05) is 18.6 Å². The fraction of sp³-hybridized carbons (Fsp3) is 0.286. The molecule has 3 N–H and O–H groups in total. The molecule has 0 aromatic carbocycles. The predicted octanol–water partition coefficient (Wildman–Crippen LogP) is -0.354. The third-order valence-corrected chi connectivity index (χ3v) is 6.44. The minimum absolute atomic E-state index is 0.291. The minimum Gasteiger partial charge on any atom is -0.342 e. The molecule has 1 amide bonds. The number of carbonyl (C=O) groups excluding carboxylic acids is 1. The van der Waals surface area contributed by atoms with Crippen molar-refractivity contribution in [3.05, 3.63) is 36.3 Å². The van der Waals surface area contributed by atoms with Gasteiger partial charge in [0.2, 0.25) is 26.0 Å². The van der Waals surface area contributed by atoms with Gasteiger partial charge in [0.1, 0.15) is 22.2 Å². The Bertz CT molecular complexity index is 959. The van der Waals surface area contributed by atoms with Crippen molar-refractivity contribution in [1.29, 1.82) is 0 Å². The summed E-state index contributed by atoms with van der Waals surface area (Å²) in [5.74, 6) is -0.155. The second-order valence-electron chi connectivity index (χ2n) is 5.34. The van der Waals surface area contributed by atoms with Gasteiger partial charge in [0.05, 0.1) is 0 Å². The standard InChI is InChI=1S/C14H19N5O5S2/c1-10-4-5-13(17-6-10)18-14(20)9-19-7-11(25(21,22)15-2)12(8-19)26(23,24)16-3/h4-8,15-16H,9H2,1-3H3,(H,17,18,20). The number of aromatic nitrogens is 2. The number of rotatable bonds is 7. The smallest absolute Gasteiger partial charge is 0.245 e. The van der Waals surface area contributed by atoms with Gasteiger partial charge in [0.15, 0.2) is 0 Å². The average molecular weight is 401 g/mol. The molecule has 0 aliphatic heterocycles. The van der Waals surface area contributed by atoms with Crippen molar-refractivity contribution >= 4 is 31.8 Å². The number of sulfonamides is 2. The third-order valence-electron chi connectivity index (χ3n) is 3.43. The summed E-state index contributed by atoms with van der Waals surface area (Å²) in [4.78, 5) is 15.3. The summed E-state index contributed by atoms with van der Waals surface area (Å²) in [6.45, 7) is 1.56. The number of carbonyl (C=O) groups is 1. The summed E-state index contributed by atoms with van der Waals surface area (Å²) in [6, 6.07) is 3.39. The Morgan fingerprint density at radius 3 is 2.00 bits per heavy atom. The molecule has 12 heteroatoms. The van der Waals surface area contributed by atoms with Crippen LogP contribution in [0.4, 0.5) is 5.82 Å². The second-order valence-corrected chi connectivity index (χ2v) is 9.05. The molecule has 142 valence electrons. The summed E-state index contributed by atoms with van der Waals surface area (Å²) >= 11 is 0. The summed E-state index contributed by atoms with van der Waals surface area (Å²) in [6.07, 6.45) is 3.75. The number of hydrogen-bond donors (Lipinski definition) is 3. The highest BCUT2D eigenvalue weighted by molar-refractivity contribution is 7.92. The third kappa shape index (κ3) is 4.46. The lowest BCUT2D eigenvalue weighted by molar-refractivity contribution is -0.116. The zero-order valence-electron chi connectivity index (χ0n) is 14.3. The molecule has 10 nitrogen and oxygen atoms in total. The molecule has 2 rings (SSSR count). The normalized spacial score (nSPS) is 12.1. The quantitative estimate of drug-likeness (QED) is 0.579. The van der Waals surface area contributed by atoms with Gasteiger partial charge in [-0.3, -0.25) is 4.79 Å². The van der Waals surface area contributed by atoms with E-state index >= 15 is 0 Å². The van der Waals surface area contributed by atoms with Crippen LogP contribution in [0, 0.1) is 6.92 Å². The van der Waals surface area contributed by atoms with Crippen LogP contribution in [0.1, 0.15) is 5.56 Å². The largest absolute Gasteiger partial charge is 0.342 e. The van der Waals surface area contributed by atoms with E-state index in [2.05, 4.69) is 19.7 Å². The van der Waals surface area contributed by atoms with E-state index in [0.29, 0.717) is 5.82 Å². The Morgan fingerprint density at radius 1 is 1.04 bits per heavy atom. The molecule has 26 heavy (non-hydrogen) atoms. The lowest BCUT2D eigenvalue weighted by Gasteiger charge is -2.05. The molecular weight excluding hydrogens is 382 g/mol. The van der Waals surface area contributed by atoms with Crippen molar-refractivity contribution in [2.45, 2.75) is 23.3 Å². The zero-order valence-corrected chi connectivity index (χ0v) is 16.0. The molecule has 0 fully saturated rings. The van der Waals surface area contributed by atoms with E-state index < -0.39 is 35.7 Å². The second kappa shape index (κ2) is 7.53. The van der Waals surface area contributed by atoms with Crippen LogP contribution in [0.15, 0.2) is 40.5 Å². The molecule has 0 atom stereocenters. The summed E-state index contributed by atoms with van der Waals surface area (Å²) in [7, 11) is -5.74. The van der Waals surface area contributed by atoms with Gasteiger partial charge >= 0.3 is 0 Å². The Hall–Kier alpha value is -2.28. The highest BCUT2D eigenvalue weighted by Crippen LogP contribution is 2.22. The van der Waals surface area contributed by atoms with Gasteiger partial charge in [-0.25, -0.2) is 31.3 Å². The van der Waals surface area contributed by atoms with E-state index in [1.54, 1.807) is 18.3 Å². The van der Waals surface area contributed by atoms with Crippen LogP contribution in [-0.2, 0) is 31.4 Å². The van der Waals surface area contributed by atoms with Gasteiger partial charge in [-0.2, -0.15) is 0 Å². The summed E-state index contributed by atoms with van der Waals surface area (Å²) in [5.41, 5.74) is 0.928. The van der Waals surface area contributed by atoms with E-state index in [9.17, 15) is 21.6 Å². The van der Waals surface area contributed by atoms with Crippen LogP contribution in [0.2, 0.25) is 0 Å². The Kier molecular flexibility index (Phi) is 5.81. The highest BCUT2D eigenvalue weighted by atomic mass is 32.2. The first-order valence-electron chi connectivity index (χ1n) is 7.38. The summed E-state index contributed by atoms with van der Waals surface area (Å²) < 4.78 is 53.6. The number of amides is 1. The lowest BCUT2D eigenvalue weighted by atomic mass is 10.3. The van der Waals surface area contributed by atoms with Gasteiger partial charge in [-0.05, 0) is 32.6 Å². The van der Waals surface area contributed by atoms with Crippen LogP contribution in [0.3, 0.4) is 0 Å². The first-order valence-corrected chi connectivity index (χ1v) is 10.3. The molecule has 0 saturated carbocycles. The molecule has 0 bridgehead atoms. The molecule has 2 aromatic rings. The fourth-order valence-electron chi connectivity index (χ4n) is 2.07. The van der Waals surface area contributed by atoms with E-state index in [-0.39, 0.29) is 6.54 Å². The molecule has 0 saturated heterocycles. The molecule has 0 radical (unpaired) electrons. The van der Waals surface area contributed by atoms with Crippen LogP contribution < -0.4 is 14.8 Å². The van der Waals surface area contributed by atoms with Crippen molar-refractivity contribution in [1.82, 2.24) is 19.0 Å². The number of nitrogens with zero attached hydrogens (tertiary/aromatic N) is 2. The first-order chi connectivity index (χ1) is 12.1. The number of anilines is 1. The average Bonchev–Trinajstić information content (AvgIpc) is 3.02. The number of aryl methyl sites for hydroxylation is 1. The van der Waals surface area contributed by atoms with Gasteiger partial charge < -0.3 is 9.88 Å². The van der Waals surface area contributed by atoms with Gasteiger partial charge in [0.25, 0.3) is 0 Å². The maximum atomic E-state index is 12.1. The lowest BCUT2D eigenvalue weighted by Crippen LogP contribution is -2.24. The molecule has 0 spiro atoms. The van der Waals surface area contributed by atoms with E-state index in [1.165, 1.54) is 4.57 Å². The van der Waals surface area contributed by atoms with Crippen LogP contribution in [0.5, 0.6) is 0 Å². The van der Waals surface area contributed by atoms with Crippen LogP contribution >= 0.6 is 0 Å². The summed E-state index contributed by atoms with van der Waals surface area (Å²) in [5, 5.41) is 2.55. The van der Waals surface area contributed by atoms with Crippen LogP contribution in [0.25, 0.3) is 0 Å². The fourth-order valence-corrected chi connectivity index (χ4v) is 4.35. The van der Waals surface area contributed by atoms with Crippen molar-refractivity contribution in [3.63, 3.8) is 0 Å². The Morgan fingerprint density at radius 2 is 1.58 bits per heavy atom.